The number of aromatic nitrogens is 3. The molecule has 1 saturated heterocycles. The number of fused-ring (bicyclic) bond motifs is 3. The van der Waals surface area contributed by atoms with E-state index in [2.05, 4.69) is 72.0 Å². The second-order valence-electron chi connectivity index (χ2n) is 8.89. The van der Waals surface area contributed by atoms with Crippen LogP contribution in [0.3, 0.4) is 0 Å². The molecule has 1 fully saturated rings. The van der Waals surface area contributed by atoms with Gasteiger partial charge in [0.15, 0.2) is 5.65 Å². The highest BCUT2D eigenvalue weighted by molar-refractivity contribution is 6.13. The van der Waals surface area contributed by atoms with Gasteiger partial charge in [0.25, 0.3) is 0 Å². The van der Waals surface area contributed by atoms with Crippen LogP contribution in [0.5, 0.6) is 0 Å². The first-order valence-electron chi connectivity index (χ1n) is 11.3. The number of nitrogens with one attached hydrogen (secondary N) is 1. The van der Waals surface area contributed by atoms with Gasteiger partial charge in [-0.15, -0.1) is 0 Å². The number of aryl methyl sites for hydroxylation is 4. The highest BCUT2D eigenvalue weighted by atomic mass is 15.2. The largest absolute Gasteiger partial charge is 0.368 e. The van der Waals surface area contributed by atoms with Crippen molar-refractivity contribution in [2.75, 3.05) is 31.5 Å². The molecule has 0 aliphatic carbocycles. The van der Waals surface area contributed by atoms with Crippen molar-refractivity contribution >= 4 is 27.8 Å². The van der Waals surface area contributed by atoms with E-state index in [-0.39, 0.29) is 0 Å². The first-order chi connectivity index (χ1) is 15.0. The van der Waals surface area contributed by atoms with E-state index in [1.165, 1.54) is 59.2 Å². The highest BCUT2D eigenvalue weighted by Gasteiger charge is 2.20. The van der Waals surface area contributed by atoms with E-state index in [0.29, 0.717) is 0 Å². The van der Waals surface area contributed by atoms with E-state index in [1.54, 1.807) is 0 Å². The third-order valence-corrected chi connectivity index (χ3v) is 6.41. The van der Waals surface area contributed by atoms with E-state index < -0.39 is 0 Å². The normalized spacial score (nSPS) is 14.7. The van der Waals surface area contributed by atoms with Gasteiger partial charge >= 0.3 is 0 Å². The lowest BCUT2D eigenvalue weighted by molar-refractivity contribution is 0.352. The smallest absolute Gasteiger partial charge is 0.151 e. The van der Waals surface area contributed by atoms with Gasteiger partial charge in [0, 0.05) is 18.5 Å². The Morgan fingerprint density at radius 1 is 0.935 bits per heavy atom. The summed E-state index contributed by atoms with van der Waals surface area (Å²) in [5, 5.41) is 5.95. The van der Waals surface area contributed by atoms with Crippen LogP contribution in [0.4, 0.5) is 5.82 Å². The van der Waals surface area contributed by atoms with Gasteiger partial charge in [0.2, 0.25) is 0 Å². The summed E-state index contributed by atoms with van der Waals surface area (Å²) in [6.45, 7) is 12.9. The Bertz CT molecular complexity index is 1240. The lowest BCUT2D eigenvalue weighted by atomic mass is 10.0. The van der Waals surface area contributed by atoms with E-state index in [1.807, 2.05) is 6.92 Å². The zero-order valence-electron chi connectivity index (χ0n) is 19.0. The van der Waals surface area contributed by atoms with Crippen molar-refractivity contribution in [3.8, 4) is 5.69 Å². The fourth-order valence-electron chi connectivity index (χ4n) is 5.18. The maximum Gasteiger partial charge on any atom is 0.151 e. The molecule has 0 unspecified atom stereocenters. The molecule has 0 radical (unpaired) electrons. The van der Waals surface area contributed by atoms with Crippen LogP contribution < -0.4 is 5.32 Å². The number of para-hydroxylation sites is 1. The number of benzene rings is 2. The van der Waals surface area contributed by atoms with E-state index in [0.717, 1.165) is 35.8 Å². The second-order valence-corrected chi connectivity index (χ2v) is 8.89. The van der Waals surface area contributed by atoms with Crippen LogP contribution in [-0.2, 0) is 0 Å². The molecule has 1 aliphatic heterocycles. The summed E-state index contributed by atoms with van der Waals surface area (Å²) in [6, 6.07) is 13.1. The summed E-state index contributed by atoms with van der Waals surface area (Å²) >= 11 is 0. The predicted octanol–water partition coefficient (Wildman–Crippen LogP) is 5.32. The van der Waals surface area contributed by atoms with Crippen LogP contribution in [-0.4, -0.2) is 45.6 Å². The van der Waals surface area contributed by atoms with Gasteiger partial charge in [-0.2, -0.15) is 0 Å². The zero-order chi connectivity index (χ0) is 21.5. The summed E-state index contributed by atoms with van der Waals surface area (Å²) < 4.78 is 2.33. The first kappa shape index (κ1) is 20.0. The highest BCUT2D eigenvalue weighted by Crippen LogP contribution is 2.36. The summed E-state index contributed by atoms with van der Waals surface area (Å²) in [7, 11) is 0. The minimum absolute atomic E-state index is 0.794. The van der Waals surface area contributed by atoms with Gasteiger partial charge in [-0.25, -0.2) is 9.97 Å². The Morgan fingerprint density at radius 2 is 1.65 bits per heavy atom. The standard InChI is InChI=1S/C26H31N5/c1-17-15-18(2)24(19(3)16-17)31-22-10-6-5-9-21(22)23-25(28-20(4)29-26(23)31)27-11-14-30-12-7-8-13-30/h5-6,9-10,15-16H,7-8,11-14H2,1-4H3,(H,27,28,29). The molecular weight excluding hydrogens is 382 g/mol. The lowest BCUT2D eigenvalue weighted by Crippen LogP contribution is -2.26. The Labute approximate surface area is 184 Å². The van der Waals surface area contributed by atoms with Gasteiger partial charge in [0.05, 0.1) is 16.6 Å². The van der Waals surface area contributed by atoms with E-state index >= 15 is 0 Å². The molecule has 0 bridgehead atoms. The maximum atomic E-state index is 4.94. The molecule has 2 aromatic carbocycles. The van der Waals surface area contributed by atoms with Crippen molar-refractivity contribution in [1.29, 1.82) is 0 Å². The molecule has 0 saturated carbocycles. The first-order valence-corrected chi connectivity index (χ1v) is 11.3. The van der Waals surface area contributed by atoms with E-state index in [4.69, 9.17) is 9.97 Å². The molecular formula is C26H31N5. The summed E-state index contributed by atoms with van der Waals surface area (Å²) in [4.78, 5) is 12.3. The fraction of sp³-hybridized carbons (Fsp3) is 0.385. The molecule has 5 nitrogen and oxygen atoms in total. The predicted molar refractivity (Wildman–Crippen MR) is 129 cm³/mol. The summed E-state index contributed by atoms with van der Waals surface area (Å²) in [5.41, 5.74) is 7.19. The molecule has 5 rings (SSSR count). The van der Waals surface area contributed by atoms with Crippen LogP contribution in [0.15, 0.2) is 36.4 Å². The number of hydrogen-bond donors (Lipinski definition) is 1. The van der Waals surface area contributed by atoms with Crippen molar-refractivity contribution in [2.45, 2.75) is 40.5 Å². The van der Waals surface area contributed by atoms with Crippen molar-refractivity contribution in [2.24, 2.45) is 0 Å². The maximum absolute atomic E-state index is 4.94. The fourth-order valence-corrected chi connectivity index (χ4v) is 5.18. The molecule has 4 aromatic rings. The monoisotopic (exact) mass is 413 g/mol. The number of anilines is 1. The quantitative estimate of drug-likeness (QED) is 0.481. The molecule has 160 valence electrons. The van der Waals surface area contributed by atoms with Crippen molar-refractivity contribution in [1.82, 2.24) is 19.4 Å². The van der Waals surface area contributed by atoms with Crippen LogP contribution in [0.2, 0.25) is 0 Å². The molecule has 31 heavy (non-hydrogen) atoms. The minimum atomic E-state index is 0.794. The Balaban J connectivity index is 1.69. The minimum Gasteiger partial charge on any atom is -0.368 e. The second kappa shape index (κ2) is 7.97. The molecule has 5 heteroatoms. The van der Waals surface area contributed by atoms with Crippen molar-refractivity contribution < 1.29 is 0 Å². The molecule has 1 N–H and O–H groups in total. The van der Waals surface area contributed by atoms with Crippen LogP contribution in [0.25, 0.3) is 27.6 Å². The molecule has 0 amide bonds. The van der Waals surface area contributed by atoms with Crippen LogP contribution in [0.1, 0.15) is 35.4 Å². The van der Waals surface area contributed by atoms with E-state index in [9.17, 15) is 0 Å². The number of hydrogen-bond acceptors (Lipinski definition) is 4. The molecule has 0 spiro atoms. The molecule has 0 atom stereocenters. The average molecular weight is 414 g/mol. The number of nitrogens with zero attached hydrogens (tertiary/aromatic N) is 4. The van der Waals surface area contributed by atoms with Gasteiger partial charge in [0.1, 0.15) is 11.6 Å². The number of likely N-dealkylation sites (tertiary alicyclic amines) is 1. The van der Waals surface area contributed by atoms with Gasteiger partial charge < -0.3 is 10.2 Å². The molecule has 3 heterocycles. The zero-order valence-corrected chi connectivity index (χ0v) is 19.0. The van der Waals surface area contributed by atoms with Gasteiger partial charge in [-0.3, -0.25) is 4.57 Å². The Hall–Kier alpha value is -2.92. The third-order valence-electron chi connectivity index (χ3n) is 6.41. The average Bonchev–Trinajstić information content (AvgIpc) is 3.34. The van der Waals surface area contributed by atoms with Crippen LogP contribution in [0, 0.1) is 27.7 Å². The molecule has 1 aliphatic rings. The Kier molecular flexibility index (Phi) is 5.14. The van der Waals surface area contributed by atoms with Crippen LogP contribution >= 0.6 is 0 Å². The topological polar surface area (TPSA) is 46.0 Å². The number of rotatable bonds is 5. The summed E-state index contributed by atoms with van der Waals surface area (Å²) in [5.74, 6) is 1.74. The summed E-state index contributed by atoms with van der Waals surface area (Å²) in [6.07, 6.45) is 2.64. The molecule has 2 aromatic heterocycles. The SMILES string of the molecule is Cc1cc(C)c(-n2c3ccccc3c3c(NCCN4CCCC4)nc(C)nc32)c(C)c1. The lowest BCUT2D eigenvalue weighted by Gasteiger charge is -2.16. The Morgan fingerprint density at radius 3 is 2.39 bits per heavy atom. The third kappa shape index (κ3) is 3.57. The van der Waals surface area contributed by atoms with Crippen molar-refractivity contribution in [3.05, 3.63) is 58.9 Å². The van der Waals surface area contributed by atoms with Gasteiger partial charge in [-0.1, -0.05) is 35.9 Å². The van der Waals surface area contributed by atoms with Crippen molar-refractivity contribution in [3.63, 3.8) is 0 Å². The van der Waals surface area contributed by atoms with Gasteiger partial charge in [-0.05, 0) is 70.8 Å².